The van der Waals surface area contributed by atoms with Gasteiger partial charge in [-0.05, 0) is 95.1 Å². The van der Waals surface area contributed by atoms with Gasteiger partial charge in [-0.1, -0.05) is 37.5 Å². The Hall–Kier alpha value is -2.90. The second-order valence-corrected chi connectivity index (χ2v) is 10.9. The number of amides is 1. The summed E-state index contributed by atoms with van der Waals surface area (Å²) in [7, 11) is 0. The molecule has 2 heterocycles. The Balaban J connectivity index is 1.61. The van der Waals surface area contributed by atoms with Crippen LogP contribution in [0, 0.1) is 0 Å². The van der Waals surface area contributed by atoms with Crippen LogP contribution in [0.25, 0.3) is 0 Å². The highest BCUT2D eigenvalue weighted by molar-refractivity contribution is 5.96. The van der Waals surface area contributed by atoms with Crippen LogP contribution >= 0.6 is 0 Å². The number of likely N-dealkylation sites (tertiary alicyclic amines) is 1. The van der Waals surface area contributed by atoms with E-state index in [1.165, 1.54) is 6.42 Å². The van der Waals surface area contributed by atoms with Crippen LogP contribution in [0.5, 0.6) is 5.75 Å². The minimum absolute atomic E-state index is 0.0541. The molecule has 4 rings (SSSR count). The van der Waals surface area contributed by atoms with Gasteiger partial charge in [-0.15, -0.1) is 0 Å². The van der Waals surface area contributed by atoms with Crippen molar-refractivity contribution in [2.75, 3.05) is 37.7 Å². The zero-order valence-electron chi connectivity index (χ0n) is 23.0. The number of carboxylic acid groups (broad SMARTS) is 1. The number of para-hydroxylation sites is 1. The van der Waals surface area contributed by atoms with Crippen molar-refractivity contribution in [1.29, 1.82) is 0 Å². The second kappa shape index (κ2) is 13.8. The Morgan fingerprint density at radius 3 is 2.29 bits per heavy atom. The monoisotopic (exact) mass is 521 g/mol. The third kappa shape index (κ3) is 7.58. The fourth-order valence-electron chi connectivity index (χ4n) is 5.72. The highest BCUT2D eigenvalue weighted by Crippen LogP contribution is 2.29. The normalized spacial score (nSPS) is 18.9. The fourth-order valence-corrected chi connectivity index (χ4v) is 5.72. The van der Waals surface area contributed by atoms with Gasteiger partial charge in [-0.25, -0.2) is 4.79 Å². The third-order valence-corrected chi connectivity index (χ3v) is 7.97. The minimum Gasteiger partial charge on any atom is -0.484 e. The highest BCUT2D eigenvalue weighted by Gasteiger charge is 2.28. The summed E-state index contributed by atoms with van der Waals surface area (Å²) in [6.07, 6.45) is 7.68. The molecular formula is C31H43N3O4. The van der Waals surface area contributed by atoms with Crippen molar-refractivity contribution in [1.82, 2.24) is 9.80 Å². The third-order valence-electron chi connectivity index (χ3n) is 7.97. The number of hydrogen-bond donors (Lipinski definition) is 1. The van der Waals surface area contributed by atoms with E-state index in [2.05, 4.69) is 23.6 Å². The molecule has 1 saturated heterocycles. The highest BCUT2D eigenvalue weighted by atomic mass is 16.5. The molecule has 0 aromatic heterocycles. The molecule has 0 aliphatic carbocycles. The Bertz CT molecular complexity index is 1050. The van der Waals surface area contributed by atoms with Crippen LogP contribution in [0.3, 0.4) is 0 Å². The van der Waals surface area contributed by atoms with Crippen LogP contribution in [0.2, 0.25) is 0 Å². The molecule has 1 fully saturated rings. The molecule has 7 heteroatoms. The lowest BCUT2D eigenvalue weighted by Crippen LogP contribution is -2.47. The molecule has 0 unspecified atom stereocenters. The van der Waals surface area contributed by atoms with Crippen LogP contribution in [0.15, 0.2) is 48.5 Å². The molecule has 0 bridgehead atoms. The number of rotatable bonds is 6. The summed E-state index contributed by atoms with van der Waals surface area (Å²) in [6.45, 7) is 8.87. The van der Waals surface area contributed by atoms with Crippen LogP contribution < -0.4 is 9.64 Å². The molecule has 206 valence electrons. The number of anilines is 1. The molecule has 0 radical (unpaired) electrons. The minimum atomic E-state index is -0.944. The van der Waals surface area contributed by atoms with Crippen molar-refractivity contribution in [2.24, 2.45) is 0 Å². The van der Waals surface area contributed by atoms with Crippen LogP contribution in [-0.2, 0) is 11.3 Å². The first-order valence-electron chi connectivity index (χ1n) is 14.2. The number of fused-ring (bicyclic) bond motifs is 1. The van der Waals surface area contributed by atoms with Gasteiger partial charge >= 0.3 is 5.97 Å². The van der Waals surface area contributed by atoms with Crippen molar-refractivity contribution in [3.8, 4) is 5.75 Å². The zero-order chi connectivity index (χ0) is 26.9. The fraction of sp³-hybridized carbons (Fsp3) is 0.548. The zero-order valence-corrected chi connectivity index (χ0v) is 23.0. The smallest absolute Gasteiger partial charge is 0.335 e. The van der Waals surface area contributed by atoms with Gasteiger partial charge in [0.1, 0.15) is 5.75 Å². The van der Waals surface area contributed by atoms with Gasteiger partial charge in [0.2, 0.25) is 0 Å². The number of carboxylic acids is 1. The van der Waals surface area contributed by atoms with E-state index in [1.807, 2.05) is 41.3 Å². The Kier molecular flexibility index (Phi) is 10.2. The van der Waals surface area contributed by atoms with Gasteiger partial charge in [-0.2, -0.15) is 0 Å². The first-order chi connectivity index (χ1) is 18.4. The van der Waals surface area contributed by atoms with Gasteiger partial charge in [0.05, 0.1) is 5.56 Å². The number of benzene rings is 2. The van der Waals surface area contributed by atoms with Gasteiger partial charge in [0.25, 0.3) is 5.91 Å². The summed E-state index contributed by atoms with van der Waals surface area (Å²) in [5.74, 6) is -0.386. The number of carbonyl (C=O) groups is 2. The lowest BCUT2D eigenvalue weighted by Gasteiger charge is -2.40. The lowest BCUT2D eigenvalue weighted by molar-refractivity contribution is -0.120. The van der Waals surface area contributed by atoms with Crippen molar-refractivity contribution in [3.05, 3.63) is 59.7 Å². The van der Waals surface area contributed by atoms with Crippen LogP contribution in [0.4, 0.5) is 5.69 Å². The number of ether oxygens (including phenoxy) is 1. The molecule has 1 N–H and O–H groups in total. The summed E-state index contributed by atoms with van der Waals surface area (Å²) in [5, 5.41) is 9.76. The number of carbonyl (C=O) groups excluding carboxylic acids is 1. The quantitative estimate of drug-likeness (QED) is 0.546. The summed E-state index contributed by atoms with van der Waals surface area (Å²) < 4.78 is 5.82. The molecule has 2 aromatic carbocycles. The Morgan fingerprint density at radius 2 is 1.61 bits per heavy atom. The lowest BCUT2D eigenvalue weighted by atomic mass is 9.98. The van der Waals surface area contributed by atoms with Gasteiger partial charge in [-0.3, -0.25) is 9.69 Å². The molecule has 2 aliphatic heterocycles. The van der Waals surface area contributed by atoms with Crippen molar-refractivity contribution < 1.29 is 19.4 Å². The maximum atomic E-state index is 13.5. The molecule has 7 nitrogen and oxygen atoms in total. The molecule has 0 atom stereocenters. The number of aromatic carboxylic acids is 1. The predicted octanol–water partition coefficient (Wildman–Crippen LogP) is 5.44. The average molecular weight is 522 g/mol. The molecule has 0 spiro atoms. The van der Waals surface area contributed by atoms with Crippen LogP contribution in [0.1, 0.15) is 74.7 Å². The topological polar surface area (TPSA) is 73.3 Å². The molecule has 38 heavy (non-hydrogen) atoms. The van der Waals surface area contributed by atoms with Crippen molar-refractivity contribution >= 4 is 17.6 Å². The van der Waals surface area contributed by atoms with E-state index in [-0.39, 0.29) is 18.1 Å². The standard InChI is InChI=1S/C31H43N3O4/c1-24(2)32-19-15-27(16-20-32)33-17-9-4-3-5-10-18-34(30(35)23-38-28-11-7-6-8-12-28)29-14-13-25(31(36)37)21-26(29)22-33/h6-8,11-14,21,24,27H,3-5,9-10,15-20,22-23H2,1-2H3,(H,36,37). The summed E-state index contributed by atoms with van der Waals surface area (Å²) in [5.41, 5.74) is 1.98. The predicted molar refractivity (Wildman–Crippen MR) is 151 cm³/mol. The van der Waals surface area contributed by atoms with E-state index in [9.17, 15) is 14.7 Å². The summed E-state index contributed by atoms with van der Waals surface area (Å²) in [4.78, 5) is 32.3. The molecule has 1 amide bonds. The van der Waals surface area contributed by atoms with Crippen LogP contribution in [-0.4, -0.2) is 71.7 Å². The maximum absolute atomic E-state index is 13.5. The number of nitrogens with zero attached hydrogens (tertiary/aromatic N) is 3. The van der Waals surface area contributed by atoms with Gasteiger partial charge < -0.3 is 19.6 Å². The van der Waals surface area contributed by atoms with Gasteiger partial charge in [0.15, 0.2) is 6.61 Å². The van der Waals surface area contributed by atoms with E-state index >= 15 is 0 Å². The van der Waals surface area contributed by atoms with E-state index in [4.69, 9.17) is 4.74 Å². The molecule has 2 aromatic rings. The van der Waals surface area contributed by atoms with Gasteiger partial charge in [0, 0.05) is 30.9 Å². The molecule has 2 aliphatic rings. The second-order valence-electron chi connectivity index (χ2n) is 10.9. The first kappa shape index (κ1) is 28.1. The molecular weight excluding hydrogens is 478 g/mol. The van der Waals surface area contributed by atoms with E-state index in [0.717, 1.165) is 69.4 Å². The number of hydrogen-bond acceptors (Lipinski definition) is 5. The summed E-state index contributed by atoms with van der Waals surface area (Å²) >= 11 is 0. The van der Waals surface area contributed by atoms with Crippen molar-refractivity contribution in [3.63, 3.8) is 0 Å². The maximum Gasteiger partial charge on any atom is 0.335 e. The van der Waals surface area contributed by atoms with E-state index in [1.54, 1.807) is 12.1 Å². The first-order valence-corrected chi connectivity index (χ1v) is 14.2. The van der Waals surface area contributed by atoms with E-state index < -0.39 is 5.97 Å². The SMILES string of the molecule is CC(C)N1CCC(N2CCCCCCCN(C(=O)COc3ccccc3)c3ccc(C(=O)O)cc3C2)CC1. The average Bonchev–Trinajstić information content (AvgIpc) is 2.92. The van der Waals surface area contributed by atoms with E-state index in [0.29, 0.717) is 30.9 Å². The number of piperidine rings is 1. The van der Waals surface area contributed by atoms with Crippen molar-refractivity contribution in [2.45, 2.75) is 77.4 Å². The Morgan fingerprint density at radius 1 is 0.921 bits per heavy atom. The largest absolute Gasteiger partial charge is 0.484 e. The summed E-state index contributed by atoms with van der Waals surface area (Å²) in [6, 6.07) is 15.6. The Labute approximate surface area is 227 Å². The molecule has 0 saturated carbocycles.